The highest BCUT2D eigenvalue weighted by atomic mass is 15.0. The van der Waals surface area contributed by atoms with Gasteiger partial charge in [-0.1, -0.05) is 66.7 Å². The molecule has 0 saturated carbocycles. The van der Waals surface area contributed by atoms with E-state index in [1.165, 1.54) is 54.7 Å². The molecule has 0 aliphatic carbocycles. The summed E-state index contributed by atoms with van der Waals surface area (Å²) < 4.78 is 4.79. The molecule has 0 amide bonds. The summed E-state index contributed by atoms with van der Waals surface area (Å²) in [7, 11) is 0. The predicted octanol–water partition coefficient (Wildman–Crippen LogP) is 8.63. The minimum absolute atomic E-state index is 1.08. The minimum atomic E-state index is 1.08. The maximum atomic E-state index is 3.22. The summed E-state index contributed by atoms with van der Waals surface area (Å²) in [5, 5.41) is 7.28. The molecule has 8 aromatic rings. The molecule has 0 aliphatic heterocycles. The molecule has 36 heavy (non-hydrogen) atoms. The molecule has 0 saturated heterocycles. The zero-order chi connectivity index (χ0) is 23.6. The average molecular weight is 457 g/mol. The van der Waals surface area contributed by atoms with Crippen molar-refractivity contribution in [3.05, 3.63) is 133 Å². The number of aromatic nitrogens is 2. The molecule has 0 radical (unpaired) electrons. The Kier molecular flexibility index (Phi) is 3.89. The Bertz CT molecular complexity index is 2090. The Morgan fingerprint density at radius 2 is 1.06 bits per heavy atom. The van der Waals surface area contributed by atoms with Crippen molar-refractivity contribution in [3.63, 3.8) is 0 Å². The van der Waals surface area contributed by atoms with Crippen LogP contribution in [0.5, 0.6) is 0 Å². The van der Waals surface area contributed by atoms with Crippen molar-refractivity contribution in [2.24, 2.45) is 0 Å². The van der Waals surface area contributed by atoms with Crippen molar-refractivity contribution in [2.45, 2.75) is 0 Å². The van der Waals surface area contributed by atoms with E-state index >= 15 is 0 Å². The van der Waals surface area contributed by atoms with Crippen molar-refractivity contribution in [3.8, 4) is 11.4 Å². The lowest BCUT2D eigenvalue weighted by Gasteiger charge is -2.10. The van der Waals surface area contributed by atoms with Gasteiger partial charge in [-0.05, 0) is 72.1 Å². The SMILES string of the molecule is c1ccc2cc(-n3c4ccccc4c4cc5c(cc43)c3ccccc3n5-c3ccccc3)ccc2c#1. The van der Waals surface area contributed by atoms with Crippen molar-refractivity contribution in [1.29, 1.82) is 0 Å². The van der Waals surface area contributed by atoms with Gasteiger partial charge in [0.1, 0.15) is 0 Å². The third-order valence-electron chi connectivity index (χ3n) is 7.33. The van der Waals surface area contributed by atoms with Crippen molar-refractivity contribution < 1.29 is 0 Å². The molecule has 2 nitrogen and oxygen atoms in total. The molecule has 2 heterocycles. The summed E-state index contributed by atoms with van der Waals surface area (Å²) >= 11 is 0. The van der Waals surface area contributed by atoms with Crippen LogP contribution in [0.15, 0.2) is 121 Å². The van der Waals surface area contributed by atoms with Crippen LogP contribution in [0.2, 0.25) is 0 Å². The fourth-order valence-electron chi connectivity index (χ4n) is 5.76. The van der Waals surface area contributed by atoms with E-state index in [1.807, 2.05) is 6.07 Å². The normalized spacial score (nSPS) is 11.7. The summed E-state index contributed by atoms with van der Waals surface area (Å²) in [6.07, 6.45) is 0. The minimum Gasteiger partial charge on any atom is -0.309 e. The van der Waals surface area contributed by atoms with Gasteiger partial charge in [-0.3, -0.25) is 0 Å². The van der Waals surface area contributed by atoms with E-state index in [1.54, 1.807) is 0 Å². The Hall–Kier alpha value is -5.00. The van der Waals surface area contributed by atoms with Crippen molar-refractivity contribution in [1.82, 2.24) is 9.13 Å². The maximum Gasteiger partial charge on any atom is 0.0548 e. The van der Waals surface area contributed by atoms with E-state index in [0.717, 1.165) is 11.1 Å². The molecule has 0 bridgehead atoms. The fourth-order valence-corrected chi connectivity index (χ4v) is 5.76. The van der Waals surface area contributed by atoms with E-state index < -0.39 is 0 Å². The summed E-state index contributed by atoms with van der Waals surface area (Å²) in [6.45, 7) is 0. The number of benzene rings is 5. The van der Waals surface area contributed by atoms with Crippen LogP contribution in [0.3, 0.4) is 0 Å². The van der Waals surface area contributed by atoms with E-state index in [9.17, 15) is 0 Å². The van der Waals surface area contributed by atoms with Crippen LogP contribution in [0, 0.1) is 12.1 Å². The highest BCUT2D eigenvalue weighted by Crippen LogP contribution is 2.39. The van der Waals surface area contributed by atoms with E-state index in [2.05, 4.69) is 137 Å². The van der Waals surface area contributed by atoms with Crippen LogP contribution in [0.25, 0.3) is 65.8 Å². The molecule has 166 valence electrons. The van der Waals surface area contributed by atoms with Crippen LogP contribution >= 0.6 is 0 Å². The number of hydrogen-bond donors (Lipinski definition) is 0. The van der Waals surface area contributed by atoms with Crippen LogP contribution < -0.4 is 0 Å². The summed E-state index contributed by atoms with van der Waals surface area (Å²) in [4.78, 5) is 0. The first-order chi connectivity index (χ1) is 17.9. The number of para-hydroxylation sites is 3. The third-order valence-corrected chi connectivity index (χ3v) is 7.33. The maximum absolute atomic E-state index is 3.22. The second kappa shape index (κ2) is 7.25. The standard InChI is InChI=1S/C34H20N2/c1-2-12-25(13-3-1)35-31-16-8-6-14-27(31)29-22-34-30(21-33(29)35)28-15-7-9-17-32(28)36(34)26-19-18-23-10-4-5-11-24(23)20-26/h1-3,5-9,11-22H. The molecular formula is C34H20N2. The molecular weight excluding hydrogens is 436 g/mol. The molecule has 2 heteroatoms. The first-order valence-corrected chi connectivity index (χ1v) is 12.2. The number of fused-ring (bicyclic) bond motifs is 7. The molecule has 0 aliphatic rings. The van der Waals surface area contributed by atoms with Gasteiger partial charge in [-0.2, -0.15) is 0 Å². The lowest BCUT2D eigenvalue weighted by atomic mass is 10.1. The third kappa shape index (κ3) is 2.63. The highest BCUT2D eigenvalue weighted by molar-refractivity contribution is 6.19. The summed E-state index contributed by atoms with van der Waals surface area (Å²) in [6, 6.07) is 49.7. The summed E-state index contributed by atoms with van der Waals surface area (Å²) in [5.74, 6) is 0. The Labute approximate surface area is 208 Å². The number of nitrogens with zero attached hydrogens (tertiary/aromatic N) is 2. The van der Waals surface area contributed by atoms with Crippen molar-refractivity contribution >= 4 is 54.4 Å². The topological polar surface area (TPSA) is 9.86 Å². The lowest BCUT2D eigenvalue weighted by molar-refractivity contribution is 1.18. The van der Waals surface area contributed by atoms with Gasteiger partial charge < -0.3 is 9.13 Å². The zero-order valence-electron chi connectivity index (χ0n) is 19.4. The largest absolute Gasteiger partial charge is 0.309 e. The highest BCUT2D eigenvalue weighted by Gasteiger charge is 2.18. The average Bonchev–Trinajstić information content (AvgIpc) is 3.44. The molecule has 0 unspecified atom stereocenters. The molecule has 0 spiro atoms. The molecule has 0 atom stereocenters. The Morgan fingerprint density at radius 3 is 1.75 bits per heavy atom. The van der Waals surface area contributed by atoms with E-state index in [0.29, 0.717) is 0 Å². The van der Waals surface area contributed by atoms with E-state index in [-0.39, 0.29) is 0 Å². The van der Waals surface area contributed by atoms with Crippen LogP contribution in [0.4, 0.5) is 0 Å². The molecule has 0 N–H and O–H groups in total. The molecule has 8 rings (SSSR count). The second-order valence-electron chi connectivity index (χ2n) is 9.30. The van der Waals surface area contributed by atoms with Gasteiger partial charge in [0.25, 0.3) is 0 Å². The monoisotopic (exact) mass is 456 g/mol. The van der Waals surface area contributed by atoms with Gasteiger partial charge in [0, 0.05) is 38.3 Å². The van der Waals surface area contributed by atoms with Gasteiger partial charge in [-0.15, -0.1) is 0 Å². The van der Waals surface area contributed by atoms with Gasteiger partial charge in [0.05, 0.1) is 22.1 Å². The first kappa shape index (κ1) is 19.3. The summed E-state index contributed by atoms with van der Waals surface area (Å²) in [5.41, 5.74) is 7.20. The van der Waals surface area contributed by atoms with Gasteiger partial charge >= 0.3 is 0 Å². The zero-order valence-corrected chi connectivity index (χ0v) is 19.4. The van der Waals surface area contributed by atoms with Crippen molar-refractivity contribution in [2.75, 3.05) is 0 Å². The Balaban J connectivity index is 1.54. The van der Waals surface area contributed by atoms with Gasteiger partial charge in [0.2, 0.25) is 0 Å². The molecule has 2 aromatic heterocycles. The van der Waals surface area contributed by atoms with Crippen LogP contribution in [-0.4, -0.2) is 9.13 Å². The lowest BCUT2D eigenvalue weighted by Crippen LogP contribution is -1.94. The van der Waals surface area contributed by atoms with Gasteiger partial charge in [-0.25, -0.2) is 0 Å². The molecule has 6 aromatic carbocycles. The number of hydrogen-bond acceptors (Lipinski definition) is 0. The second-order valence-corrected chi connectivity index (χ2v) is 9.30. The smallest absolute Gasteiger partial charge is 0.0548 e. The fraction of sp³-hybridized carbons (Fsp3) is 0. The van der Waals surface area contributed by atoms with Gasteiger partial charge in [0.15, 0.2) is 0 Å². The number of rotatable bonds is 2. The quantitative estimate of drug-likeness (QED) is 0.246. The predicted molar refractivity (Wildman–Crippen MR) is 150 cm³/mol. The van der Waals surface area contributed by atoms with Crippen LogP contribution in [0.1, 0.15) is 0 Å². The molecule has 0 fully saturated rings. The van der Waals surface area contributed by atoms with E-state index in [4.69, 9.17) is 0 Å². The Morgan fingerprint density at radius 1 is 0.444 bits per heavy atom. The first-order valence-electron chi connectivity index (χ1n) is 12.2. The van der Waals surface area contributed by atoms with Crippen LogP contribution in [-0.2, 0) is 0 Å².